The lowest BCUT2D eigenvalue weighted by atomic mass is 9.89. The molecule has 0 bridgehead atoms. The van der Waals surface area contributed by atoms with Crippen molar-refractivity contribution in [2.45, 2.75) is 31.2 Å². The van der Waals surface area contributed by atoms with Crippen molar-refractivity contribution in [1.29, 1.82) is 0 Å². The van der Waals surface area contributed by atoms with Crippen LogP contribution in [0.2, 0.25) is 0 Å². The maximum Gasteiger partial charge on any atom is 0.0348 e. The zero-order valence-electron chi connectivity index (χ0n) is 11.6. The smallest absolute Gasteiger partial charge is 0.0348 e. The second-order valence-electron chi connectivity index (χ2n) is 6.02. The molecule has 98 valence electrons. The fraction of sp³-hybridized carbons (Fsp3) is 0.625. The van der Waals surface area contributed by atoms with Crippen LogP contribution < -0.4 is 0 Å². The fourth-order valence-corrected chi connectivity index (χ4v) is 3.68. The zero-order valence-corrected chi connectivity index (χ0v) is 11.6. The molecule has 2 fully saturated rings. The van der Waals surface area contributed by atoms with Crippen LogP contribution in [0.15, 0.2) is 24.3 Å². The fourth-order valence-electron chi connectivity index (χ4n) is 3.68. The lowest BCUT2D eigenvalue weighted by molar-refractivity contribution is 0.315. The van der Waals surface area contributed by atoms with Crippen LogP contribution in [0.25, 0.3) is 0 Å². The van der Waals surface area contributed by atoms with E-state index in [1.807, 2.05) is 0 Å². The molecule has 2 aliphatic rings. The summed E-state index contributed by atoms with van der Waals surface area (Å²) in [5, 5.41) is 0. The Morgan fingerprint density at radius 2 is 1.78 bits per heavy atom. The first-order chi connectivity index (χ1) is 8.75. The van der Waals surface area contributed by atoms with Crippen molar-refractivity contribution >= 4 is 0 Å². The van der Waals surface area contributed by atoms with E-state index in [1.54, 1.807) is 11.1 Å². The molecule has 0 spiro atoms. The quantitative estimate of drug-likeness (QED) is 0.789. The van der Waals surface area contributed by atoms with E-state index in [0.29, 0.717) is 6.04 Å². The average molecular weight is 244 g/mol. The normalized spacial score (nSPS) is 30.1. The van der Waals surface area contributed by atoms with Gasteiger partial charge < -0.3 is 4.90 Å². The van der Waals surface area contributed by atoms with Crippen LogP contribution in [0.1, 0.15) is 42.3 Å². The van der Waals surface area contributed by atoms with Gasteiger partial charge in [-0.05, 0) is 63.5 Å². The van der Waals surface area contributed by atoms with E-state index in [4.69, 9.17) is 0 Å². The Labute approximate surface area is 111 Å². The molecule has 2 heteroatoms. The maximum absolute atomic E-state index is 2.53. The van der Waals surface area contributed by atoms with Gasteiger partial charge in [-0.1, -0.05) is 24.3 Å². The molecular weight excluding hydrogens is 220 g/mol. The van der Waals surface area contributed by atoms with Gasteiger partial charge in [-0.15, -0.1) is 0 Å². The number of likely N-dealkylation sites (tertiary alicyclic amines) is 2. The van der Waals surface area contributed by atoms with Crippen molar-refractivity contribution in [3.8, 4) is 0 Å². The van der Waals surface area contributed by atoms with Gasteiger partial charge in [0.15, 0.2) is 0 Å². The number of hydrogen-bond donors (Lipinski definition) is 0. The van der Waals surface area contributed by atoms with Gasteiger partial charge in [0.25, 0.3) is 0 Å². The lowest BCUT2D eigenvalue weighted by Gasteiger charge is -2.25. The van der Waals surface area contributed by atoms with Crippen molar-refractivity contribution in [1.82, 2.24) is 9.80 Å². The van der Waals surface area contributed by atoms with Crippen molar-refractivity contribution in [3.05, 3.63) is 35.4 Å². The number of hydrogen-bond acceptors (Lipinski definition) is 2. The van der Waals surface area contributed by atoms with Gasteiger partial charge in [0.1, 0.15) is 0 Å². The SMILES string of the molecule is CN1CCC(c2ccccc2C2CCCN2C)C1. The summed E-state index contributed by atoms with van der Waals surface area (Å²) in [5.74, 6) is 0.750. The molecule has 2 saturated heterocycles. The lowest BCUT2D eigenvalue weighted by Crippen LogP contribution is -2.20. The van der Waals surface area contributed by atoms with Crippen molar-refractivity contribution < 1.29 is 0 Å². The van der Waals surface area contributed by atoms with E-state index in [1.165, 1.54) is 38.9 Å². The maximum atomic E-state index is 2.53. The molecule has 18 heavy (non-hydrogen) atoms. The summed E-state index contributed by atoms with van der Waals surface area (Å²) in [6.45, 7) is 3.73. The van der Waals surface area contributed by atoms with E-state index in [9.17, 15) is 0 Å². The zero-order chi connectivity index (χ0) is 12.5. The molecule has 2 nitrogen and oxygen atoms in total. The van der Waals surface area contributed by atoms with Gasteiger partial charge in [-0.25, -0.2) is 0 Å². The molecule has 1 aromatic rings. The Kier molecular flexibility index (Phi) is 3.40. The minimum Gasteiger partial charge on any atom is -0.306 e. The Morgan fingerprint density at radius 1 is 1.00 bits per heavy atom. The number of nitrogens with zero attached hydrogens (tertiary/aromatic N) is 2. The summed E-state index contributed by atoms with van der Waals surface area (Å²) in [6.07, 6.45) is 4.00. The highest BCUT2D eigenvalue weighted by molar-refractivity contribution is 5.34. The van der Waals surface area contributed by atoms with Crippen LogP contribution in [-0.4, -0.2) is 43.5 Å². The standard InChI is InChI=1S/C16H24N2/c1-17-11-9-13(12-17)14-6-3-4-7-15(14)16-8-5-10-18(16)2/h3-4,6-7,13,16H,5,8-12H2,1-2H3. The Bertz CT molecular complexity index is 415. The second kappa shape index (κ2) is 5.02. The molecule has 3 rings (SSSR count). The molecule has 0 aromatic heterocycles. The van der Waals surface area contributed by atoms with Crippen molar-refractivity contribution in [3.63, 3.8) is 0 Å². The summed E-state index contributed by atoms with van der Waals surface area (Å²) >= 11 is 0. The third-order valence-corrected chi connectivity index (χ3v) is 4.71. The molecule has 2 atom stereocenters. The molecular formula is C16H24N2. The first-order valence-electron chi connectivity index (χ1n) is 7.23. The van der Waals surface area contributed by atoms with Gasteiger partial charge in [0.2, 0.25) is 0 Å². The van der Waals surface area contributed by atoms with Crippen LogP contribution in [0.4, 0.5) is 0 Å². The van der Waals surface area contributed by atoms with Gasteiger partial charge >= 0.3 is 0 Å². The molecule has 0 amide bonds. The van der Waals surface area contributed by atoms with E-state index in [2.05, 4.69) is 48.2 Å². The monoisotopic (exact) mass is 244 g/mol. The second-order valence-corrected chi connectivity index (χ2v) is 6.02. The summed E-state index contributed by atoms with van der Waals surface area (Å²) in [6, 6.07) is 9.81. The molecule has 0 radical (unpaired) electrons. The van der Waals surface area contributed by atoms with Crippen LogP contribution in [0.5, 0.6) is 0 Å². The topological polar surface area (TPSA) is 6.48 Å². The third kappa shape index (κ3) is 2.19. The highest BCUT2D eigenvalue weighted by atomic mass is 15.1. The summed E-state index contributed by atoms with van der Waals surface area (Å²) in [7, 11) is 4.51. The summed E-state index contributed by atoms with van der Waals surface area (Å²) < 4.78 is 0. The number of benzene rings is 1. The Hall–Kier alpha value is -0.860. The molecule has 0 aliphatic carbocycles. The molecule has 0 N–H and O–H groups in total. The predicted octanol–water partition coefficient (Wildman–Crippen LogP) is 2.87. The summed E-state index contributed by atoms with van der Waals surface area (Å²) in [4.78, 5) is 4.98. The van der Waals surface area contributed by atoms with Crippen LogP contribution in [0.3, 0.4) is 0 Å². The van der Waals surface area contributed by atoms with Gasteiger partial charge in [0, 0.05) is 12.6 Å². The number of likely N-dealkylation sites (N-methyl/N-ethyl adjacent to an activating group) is 1. The van der Waals surface area contributed by atoms with Crippen LogP contribution in [0, 0.1) is 0 Å². The molecule has 2 aliphatic heterocycles. The van der Waals surface area contributed by atoms with Crippen molar-refractivity contribution in [2.24, 2.45) is 0 Å². The largest absolute Gasteiger partial charge is 0.306 e. The van der Waals surface area contributed by atoms with Gasteiger partial charge in [-0.3, -0.25) is 4.90 Å². The van der Waals surface area contributed by atoms with E-state index >= 15 is 0 Å². The minimum atomic E-state index is 0.659. The van der Waals surface area contributed by atoms with E-state index in [-0.39, 0.29) is 0 Å². The Balaban J connectivity index is 1.90. The average Bonchev–Trinajstić information content (AvgIpc) is 2.98. The highest BCUT2D eigenvalue weighted by Gasteiger charge is 2.29. The van der Waals surface area contributed by atoms with Gasteiger partial charge in [0.05, 0.1) is 0 Å². The number of rotatable bonds is 2. The first kappa shape index (κ1) is 12.2. The van der Waals surface area contributed by atoms with E-state index in [0.717, 1.165) is 5.92 Å². The van der Waals surface area contributed by atoms with E-state index < -0.39 is 0 Å². The van der Waals surface area contributed by atoms with Gasteiger partial charge in [-0.2, -0.15) is 0 Å². The minimum absolute atomic E-state index is 0.659. The molecule has 1 aromatic carbocycles. The first-order valence-corrected chi connectivity index (χ1v) is 7.23. The molecule has 2 heterocycles. The van der Waals surface area contributed by atoms with Crippen LogP contribution >= 0.6 is 0 Å². The van der Waals surface area contributed by atoms with Crippen LogP contribution in [-0.2, 0) is 0 Å². The summed E-state index contributed by atoms with van der Waals surface area (Å²) in [5.41, 5.74) is 3.21. The third-order valence-electron chi connectivity index (χ3n) is 4.71. The molecule has 2 unspecified atom stereocenters. The Morgan fingerprint density at radius 3 is 2.39 bits per heavy atom. The molecule has 0 saturated carbocycles. The van der Waals surface area contributed by atoms with Crippen molar-refractivity contribution in [2.75, 3.05) is 33.7 Å². The predicted molar refractivity (Wildman–Crippen MR) is 75.9 cm³/mol. The highest BCUT2D eigenvalue weighted by Crippen LogP contribution is 2.37.